The van der Waals surface area contributed by atoms with Crippen LogP contribution in [0.4, 0.5) is 0 Å². The average molecular weight is 215 g/mol. The fourth-order valence-electron chi connectivity index (χ4n) is 1.65. The molecule has 0 aliphatic carbocycles. The Morgan fingerprint density at radius 2 is 2.40 bits per heavy atom. The molecule has 0 spiro atoms. The smallest absolute Gasteiger partial charge is 0.269 e. The molecule has 0 amide bonds. The summed E-state index contributed by atoms with van der Waals surface area (Å²) < 4.78 is 2.51. The first-order chi connectivity index (χ1) is 7.29. The van der Waals surface area contributed by atoms with Crippen LogP contribution in [0, 0.1) is 11.3 Å². The van der Waals surface area contributed by atoms with Gasteiger partial charge in [-0.05, 0) is 17.5 Å². The standard InChI is InChI=1S/C10H5N3OS/c11-4-6-3-8-12-10(14)9-7(1-2-15-9)13(8)5-6/h1-3,5H,(H,12,14). The molecule has 72 valence electrons. The molecule has 3 aromatic rings. The molecule has 1 N–H and O–H groups in total. The van der Waals surface area contributed by atoms with Crippen LogP contribution in [-0.2, 0) is 0 Å². The molecule has 15 heavy (non-hydrogen) atoms. The third kappa shape index (κ3) is 1.02. The summed E-state index contributed by atoms with van der Waals surface area (Å²) in [6.07, 6.45) is 1.72. The van der Waals surface area contributed by atoms with Crippen molar-refractivity contribution < 1.29 is 0 Å². The van der Waals surface area contributed by atoms with Gasteiger partial charge < -0.3 is 9.38 Å². The van der Waals surface area contributed by atoms with Gasteiger partial charge >= 0.3 is 0 Å². The summed E-state index contributed by atoms with van der Waals surface area (Å²) in [4.78, 5) is 14.4. The van der Waals surface area contributed by atoms with Crippen LogP contribution in [0.2, 0.25) is 0 Å². The van der Waals surface area contributed by atoms with Gasteiger partial charge in [0.15, 0.2) is 0 Å². The molecule has 0 unspecified atom stereocenters. The molecule has 3 heterocycles. The third-order valence-electron chi connectivity index (χ3n) is 2.30. The number of rotatable bonds is 0. The second-order valence-electron chi connectivity index (χ2n) is 3.18. The summed E-state index contributed by atoms with van der Waals surface area (Å²) >= 11 is 1.40. The van der Waals surface area contributed by atoms with E-state index in [9.17, 15) is 4.79 Å². The van der Waals surface area contributed by atoms with Crippen molar-refractivity contribution >= 4 is 27.2 Å². The van der Waals surface area contributed by atoms with Crippen LogP contribution >= 0.6 is 11.3 Å². The van der Waals surface area contributed by atoms with Crippen LogP contribution in [0.1, 0.15) is 5.56 Å². The van der Waals surface area contributed by atoms with Crippen LogP contribution in [0.25, 0.3) is 15.9 Å². The minimum absolute atomic E-state index is 0.102. The predicted molar refractivity (Wildman–Crippen MR) is 58.1 cm³/mol. The maximum Gasteiger partial charge on any atom is 0.269 e. The lowest BCUT2D eigenvalue weighted by Crippen LogP contribution is -2.06. The van der Waals surface area contributed by atoms with E-state index in [0.717, 1.165) is 5.52 Å². The van der Waals surface area contributed by atoms with Gasteiger partial charge in [-0.15, -0.1) is 11.3 Å². The predicted octanol–water partition coefficient (Wildman–Crippen LogP) is 1.71. The molecule has 0 saturated carbocycles. The Morgan fingerprint density at radius 3 is 3.20 bits per heavy atom. The molecular weight excluding hydrogens is 210 g/mol. The van der Waals surface area contributed by atoms with Gasteiger partial charge in [0.2, 0.25) is 0 Å². The summed E-state index contributed by atoms with van der Waals surface area (Å²) in [5.74, 6) is 0. The van der Waals surface area contributed by atoms with Crippen LogP contribution < -0.4 is 5.56 Å². The molecule has 0 radical (unpaired) electrons. The number of hydrogen-bond acceptors (Lipinski definition) is 3. The van der Waals surface area contributed by atoms with Crippen molar-refractivity contribution in [2.45, 2.75) is 0 Å². The molecule has 0 aliphatic heterocycles. The summed E-state index contributed by atoms with van der Waals surface area (Å²) in [6, 6.07) is 5.60. The van der Waals surface area contributed by atoms with E-state index in [1.807, 2.05) is 15.8 Å². The molecule has 0 bridgehead atoms. The number of nitrogens with zero attached hydrogens (tertiary/aromatic N) is 2. The summed E-state index contributed by atoms with van der Waals surface area (Å²) in [6.45, 7) is 0. The van der Waals surface area contributed by atoms with E-state index >= 15 is 0 Å². The highest BCUT2D eigenvalue weighted by molar-refractivity contribution is 7.17. The Morgan fingerprint density at radius 1 is 1.53 bits per heavy atom. The van der Waals surface area contributed by atoms with Gasteiger partial charge in [-0.1, -0.05) is 0 Å². The van der Waals surface area contributed by atoms with Crippen molar-refractivity contribution in [3.05, 3.63) is 39.6 Å². The molecule has 0 saturated heterocycles. The minimum atomic E-state index is -0.102. The fraction of sp³-hybridized carbons (Fsp3) is 0. The number of aromatic amines is 1. The van der Waals surface area contributed by atoms with E-state index < -0.39 is 0 Å². The Hall–Kier alpha value is -2.06. The maximum absolute atomic E-state index is 11.6. The Kier molecular flexibility index (Phi) is 1.50. The molecule has 3 rings (SSSR count). The lowest BCUT2D eigenvalue weighted by atomic mass is 10.4. The van der Waals surface area contributed by atoms with Crippen molar-refractivity contribution in [3.63, 3.8) is 0 Å². The summed E-state index contributed by atoms with van der Waals surface area (Å²) in [5.41, 5.74) is 1.95. The van der Waals surface area contributed by atoms with Gasteiger partial charge in [-0.25, -0.2) is 0 Å². The third-order valence-corrected chi connectivity index (χ3v) is 3.20. The number of fused-ring (bicyclic) bond motifs is 3. The van der Waals surface area contributed by atoms with E-state index in [2.05, 4.69) is 11.1 Å². The van der Waals surface area contributed by atoms with E-state index in [0.29, 0.717) is 15.9 Å². The summed E-state index contributed by atoms with van der Waals surface area (Å²) in [7, 11) is 0. The highest BCUT2D eigenvalue weighted by atomic mass is 32.1. The van der Waals surface area contributed by atoms with Crippen molar-refractivity contribution in [3.8, 4) is 6.07 Å². The van der Waals surface area contributed by atoms with Crippen LogP contribution in [0.3, 0.4) is 0 Å². The minimum Gasteiger partial charge on any atom is -0.307 e. The largest absolute Gasteiger partial charge is 0.307 e. The number of aromatic nitrogens is 2. The fourth-order valence-corrected chi connectivity index (χ4v) is 2.43. The molecule has 0 aromatic carbocycles. The van der Waals surface area contributed by atoms with E-state index in [1.54, 1.807) is 12.3 Å². The number of H-pyrrole nitrogens is 1. The number of hydrogen-bond donors (Lipinski definition) is 1. The quantitative estimate of drug-likeness (QED) is 0.620. The Bertz CT molecular complexity index is 756. The van der Waals surface area contributed by atoms with Gasteiger partial charge in [0.05, 0.1) is 11.1 Å². The lowest BCUT2D eigenvalue weighted by molar-refractivity contribution is 1.17. The van der Waals surface area contributed by atoms with Crippen LogP contribution in [0.5, 0.6) is 0 Å². The molecule has 0 atom stereocenters. The van der Waals surface area contributed by atoms with Gasteiger partial charge in [-0.2, -0.15) is 5.26 Å². The van der Waals surface area contributed by atoms with Gasteiger partial charge in [0.25, 0.3) is 5.56 Å². The average Bonchev–Trinajstić information content (AvgIpc) is 2.80. The van der Waals surface area contributed by atoms with Crippen LogP contribution in [0.15, 0.2) is 28.5 Å². The van der Waals surface area contributed by atoms with Crippen molar-refractivity contribution in [1.82, 2.24) is 9.38 Å². The molecular formula is C10H5N3OS. The van der Waals surface area contributed by atoms with Gasteiger partial charge in [-0.3, -0.25) is 4.79 Å². The number of thiophene rings is 1. The van der Waals surface area contributed by atoms with Crippen molar-refractivity contribution in [1.29, 1.82) is 5.26 Å². The molecule has 0 fully saturated rings. The van der Waals surface area contributed by atoms with Crippen LogP contribution in [-0.4, -0.2) is 9.38 Å². The Labute approximate surface area is 88.0 Å². The second-order valence-corrected chi connectivity index (χ2v) is 4.10. The first kappa shape index (κ1) is 8.26. The Balaban J connectivity index is 2.65. The highest BCUT2D eigenvalue weighted by Crippen LogP contribution is 2.18. The van der Waals surface area contributed by atoms with Crippen molar-refractivity contribution in [2.75, 3.05) is 0 Å². The summed E-state index contributed by atoms with van der Waals surface area (Å²) in [5, 5.41) is 10.6. The van der Waals surface area contributed by atoms with E-state index in [4.69, 9.17) is 5.26 Å². The van der Waals surface area contributed by atoms with Crippen molar-refractivity contribution in [2.24, 2.45) is 0 Å². The second kappa shape index (κ2) is 2.72. The molecule has 3 aromatic heterocycles. The zero-order chi connectivity index (χ0) is 10.4. The first-order valence-electron chi connectivity index (χ1n) is 4.31. The number of nitriles is 1. The maximum atomic E-state index is 11.6. The SMILES string of the molecule is N#Cc1cc2[nH]c(=O)c3sccc3n2c1. The lowest BCUT2D eigenvalue weighted by Gasteiger charge is -1.95. The first-order valence-corrected chi connectivity index (χ1v) is 5.19. The highest BCUT2D eigenvalue weighted by Gasteiger charge is 2.07. The monoisotopic (exact) mass is 215 g/mol. The molecule has 0 aliphatic rings. The molecule has 5 heteroatoms. The molecule has 4 nitrogen and oxygen atoms in total. The zero-order valence-corrected chi connectivity index (χ0v) is 8.34. The van der Waals surface area contributed by atoms with Gasteiger partial charge in [0.1, 0.15) is 16.4 Å². The zero-order valence-electron chi connectivity index (χ0n) is 7.52. The van der Waals surface area contributed by atoms with E-state index in [-0.39, 0.29) is 5.56 Å². The van der Waals surface area contributed by atoms with Gasteiger partial charge in [0, 0.05) is 6.20 Å². The topological polar surface area (TPSA) is 61.1 Å². The van der Waals surface area contributed by atoms with E-state index in [1.165, 1.54) is 11.3 Å². The number of nitrogens with one attached hydrogen (secondary N) is 1. The normalized spacial score (nSPS) is 10.9.